The maximum atomic E-state index is 15.0. The molecule has 0 radical (unpaired) electrons. The molecule has 1 heterocycles. The van der Waals surface area contributed by atoms with Gasteiger partial charge in [0.2, 0.25) is 11.8 Å². The third-order valence-electron chi connectivity index (χ3n) is 7.47. The molecule has 39 heavy (non-hydrogen) atoms. The Morgan fingerprint density at radius 3 is 2.38 bits per heavy atom. The monoisotopic (exact) mass is 534 g/mol. The molecule has 2 aromatic rings. The second-order valence-corrected chi connectivity index (χ2v) is 11.4. The first kappa shape index (κ1) is 28.1. The molecule has 3 N–H and O–H groups in total. The van der Waals surface area contributed by atoms with Crippen LogP contribution in [0.4, 0.5) is 9.18 Å². The van der Waals surface area contributed by atoms with Gasteiger partial charge in [0, 0.05) is 18.0 Å². The van der Waals surface area contributed by atoms with Gasteiger partial charge in [-0.3, -0.25) is 14.5 Å². The number of hydrogen-bond donors (Lipinski definition) is 2. The molecule has 9 heteroatoms. The van der Waals surface area contributed by atoms with Crippen molar-refractivity contribution in [1.29, 1.82) is 5.26 Å². The summed E-state index contributed by atoms with van der Waals surface area (Å²) >= 11 is 0. The number of hydrogen-bond acceptors (Lipinski definition) is 5. The van der Waals surface area contributed by atoms with Gasteiger partial charge in [0.05, 0.1) is 6.07 Å². The normalized spacial score (nSPS) is 22.7. The summed E-state index contributed by atoms with van der Waals surface area (Å²) in [6.45, 7) is 7.35. The molecular weight excluding hydrogens is 499 g/mol. The summed E-state index contributed by atoms with van der Waals surface area (Å²) in [5.74, 6) is -0.758. The lowest BCUT2D eigenvalue weighted by Gasteiger charge is -2.41. The van der Waals surface area contributed by atoms with Crippen LogP contribution in [0.3, 0.4) is 0 Å². The molecule has 0 bridgehead atoms. The minimum Gasteiger partial charge on any atom is -0.444 e. The highest BCUT2D eigenvalue weighted by molar-refractivity contribution is 5.93. The summed E-state index contributed by atoms with van der Waals surface area (Å²) in [5.41, 5.74) is 6.51. The second-order valence-electron chi connectivity index (χ2n) is 11.4. The van der Waals surface area contributed by atoms with Crippen LogP contribution < -0.4 is 11.1 Å². The highest BCUT2D eigenvalue weighted by Gasteiger charge is 2.55. The summed E-state index contributed by atoms with van der Waals surface area (Å²) in [5, 5.41) is 12.5. The second kappa shape index (κ2) is 11.0. The molecule has 0 aromatic heterocycles. The number of likely N-dealkylation sites (tertiary alicyclic amines) is 1. The summed E-state index contributed by atoms with van der Waals surface area (Å²) < 4.78 is 20.7. The molecule has 5 atom stereocenters. The molecule has 1 aliphatic carbocycles. The number of nitrogens with two attached hydrogens (primary N) is 1. The zero-order chi connectivity index (χ0) is 28.5. The molecule has 1 saturated heterocycles. The van der Waals surface area contributed by atoms with Crippen LogP contribution in [0, 0.1) is 29.0 Å². The van der Waals surface area contributed by atoms with Crippen molar-refractivity contribution in [2.24, 2.45) is 17.6 Å². The maximum Gasteiger partial charge on any atom is 0.411 e. The molecule has 2 aliphatic rings. The van der Waals surface area contributed by atoms with Crippen LogP contribution in [0.15, 0.2) is 42.5 Å². The molecule has 1 aliphatic heterocycles. The Labute approximate surface area is 228 Å². The fraction of sp³-hybridized carbons (Fsp3) is 0.467. The number of piperidine rings is 1. The van der Waals surface area contributed by atoms with Gasteiger partial charge in [-0.2, -0.15) is 5.26 Å². The van der Waals surface area contributed by atoms with Crippen molar-refractivity contribution in [3.8, 4) is 17.2 Å². The van der Waals surface area contributed by atoms with Crippen LogP contribution >= 0.6 is 0 Å². The number of rotatable bonds is 7. The van der Waals surface area contributed by atoms with E-state index in [1.54, 1.807) is 62.1 Å². The Bertz CT molecular complexity index is 1300. The van der Waals surface area contributed by atoms with Crippen molar-refractivity contribution in [3.63, 3.8) is 0 Å². The number of benzene rings is 2. The van der Waals surface area contributed by atoms with Crippen molar-refractivity contribution >= 4 is 17.9 Å². The third kappa shape index (κ3) is 6.39. The van der Waals surface area contributed by atoms with E-state index in [9.17, 15) is 19.6 Å². The molecular formula is C30H35FN4O4. The number of fused-ring (bicyclic) bond motifs is 1. The third-order valence-corrected chi connectivity index (χ3v) is 7.47. The quantitative estimate of drug-likeness (QED) is 0.538. The fourth-order valence-electron chi connectivity index (χ4n) is 5.50. The van der Waals surface area contributed by atoms with E-state index in [1.807, 2.05) is 6.92 Å². The predicted molar refractivity (Wildman–Crippen MR) is 144 cm³/mol. The lowest BCUT2D eigenvalue weighted by atomic mass is 9.93. The van der Waals surface area contributed by atoms with Crippen molar-refractivity contribution in [2.75, 3.05) is 0 Å². The van der Waals surface area contributed by atoms with Crippen molar-refractivity contribution in [3.05, 3.63) is 59.4 Å². The van der Waals surface area contributed by atoms with Crippen LogP contribution in [0.2, 0.25) is 0 Å². The minimum atomic E-state index is -0.981. The van der Waals surface area contributed by atoms with E-state index in [-0.39, 0.29) is 18.0 Å². The van der Waals surface area contributed by atoms with Crippen molar-refractivity contribution in [2.45, 2.75) is 77.1 Å². The molecule has 4 rings (SSSR count). The topological polar surface area (TPSA) is 126 Å². The number of ether oxygens (including phenoxy) is 1. The van der Waals surface area contributed by atoms with Gasteiger partial charge in [0.1, 0.15) is 23.5 Å². The number of nitrogens with one attached hydrogen (secondary N) is 1. The standard InChI is InChI=1S/C30H35FN4O4/c1-5-25-23-13-21(23)15-26(35(25)29(38)39-30(2,3)4)28(37)34-22(16-32)12-20-11-10-19(14-24(20)31)17-6-8-18(9-7-17)27(33)36/h6-11,14,21-23,25-26H,5,12-13,15H2,1-4H3,(H2,33,36)(H,34,37)/t21-,22-,23-,25-,26-/m0/s1. The number of carbonyl (C=O) groups is 3. The smallest absolute Gasteiger partial charge is 0.411 e. The summed E-state index contributed by atoms with van der Waals surface area (Å²) in [6.07, 6.45) is 1.62. The van der Waals surface area contributed by atoms with Gasteiger partial charge in [-0.25, -0.2) is 9.18 Å². The zero-order valence-electron chi connectivity index (χ0n) is 22.7. The Morgan fingerprint density at radius 1 is 1.15 bits per heavy atom. The molecule has 1 saturated carbocycles. The number of nitrogens with zero attached hydrogens (tertiary/aromatic N) is 2. The lowest BCUT2D eigenvalue weighted by molar-refractivity contribution is -0.129. The van der Waals surface area contributed by atoms with E-state index in [1.165, 1.54) is 6.07 Å². The average Bonchev–Trinajstić information content (AvgIpc) is 3.66. The number of nitriles is 1. The Kier molecular flexibility index (Phi) is 7.96. The largest absolute Gasteiger partial charge is 0.444 e. The van der Waals surface area contributed by atoms with Crippen molar-refractivity contribution < 1.29 is 23.5 Å². The van der Waals surface area contributed by atoms with Gasteiger partial charge in [-0.05, 0) is 86.8 Å². The van der Waals surface area contributed by atoms with E-state index >= 15 is 4.39 Å². The summed E-state index contributed by atoms with van der Waals surface area (Å²) in [7, 11) is 0. The average molecular weight is 535 g/mol. The Morgan fingerprint density at radius 2 is 1.82 bits per heavy atom. The van der Waals surface area contributed by atoms with Gasteiger partial charge in [0.15, 0.2) is 0 Å². The molecule has 206 valence electrons. The molecule has 0 unspecified atom stereocenters. The number of amides is 3. The van der Waals surface area contributed by atoms with E-state index in [0.29, 0.717) is 41.4 Å². The van der Waals surface area contributed by atoms with E-state index in [2.05, 4.69) is 11.4 Å². The highest BCUT2D eigenvalue weighted by atomic mass is 19.1. The fourth-order valence-corrected chi connectivity index (χ4v) is 5.50. The zero-order valence-corrected chi connectivity index (χ0v) is 22.7. The molecule has 8 nitrogen and oxygen atoms in total. The van der Waals surface area contributed by atoms with E-state index in [0.717, 1.165) is 6.42 Å². The molecule has 0 spiro atoms. The molecule has 3 amide bonds. The van der Waals surface area contributed by atoms with Crippen LogP contribution in [0.1, 0.15) is 62.9 Å². The van der Waals surface area contributed by atoms with Crippen LogP contribution in [-0.2, 0) is 16.0 Å². The van der Waals surface area contributed by atoms with Crippen molar-refractivity contribution in [1.82, 2.24) is 10.2 Å². The van der Waals surface area contributed by atoms with E-state index < -0.39 is 41.4 Å². The first-order valence-corrected chi connectivity index (χ1v) is 13.3. The van der Waals surface area contributed by atoms with E-state index in [4.69, 9.17) is 10.5 Å². The van der Waals surface area contributed by atoms with Gasteiger partial charge >= 0.3 is 6.09 Å². The molecule has 2 aromatic carbocycles. The first-order valence-electron chi connectivity index (χ1n) is 13.3. The first-order chi connectivity index (χ1) is 18.4. The summed E-state index contributed by atoms with van der Waals surface area (Å²) in [4.78, 5) is 39.4. The lowest BCUT2D eigenvalue weighted by Crippen LogP contribution is -2.59. The number of primary amides is 1. The van der Waals surface area contributed by atoms with Gasteiger partial charge in [-0.1, -0.05) is 31.2 Å². The SMILES string of the molecule is CC[C@H]1[C@H]2C[C@H]2C[C@@H](C(=O)N[C@H](C#N)Cc2ccc(-c3ccc(C(N)=O)cc3)cc2F)N1C(=O)OC(C)(C)C. The minimum absolute atomic E-state index is 0.0304. The predicted octanol–water partition coefficient (Wildman–Crippen LogP) is 4.57. The number of halogens is 1. The highest BCUT2D eigenvalue weighted by Crippen LogP contribution is 2.52. The summed E-state index contributed by atoms with van der Waals surface area (Å²) in [6, 6.07) is 11.4. The van der Waals surface area contributed by atoms with Crippen LogP contribution in [0.5, 0.6) is 0 Å². The maximum absolute atomic E-state index is 15.0. The number of carbonyl (C=O) groups excluding carboxylic acids is 3. The van der Waals surface area contributed by atoms with Crippen LogP contribution in [0.25, 0.3) is 11.1 Å². The van der Waals surface area contributed by atoms with Gasteiger partial charge in [-0.15, -0.1) is 0 Å². The Balaban J connectivity index is 1.47. The molecule has 2 fully saturated rings. The van der Waals surface area contributed by atoms with Gasteiger partial charge in [0.25, 0.3) is 0 Å². The van der Waals surface area contributed by atoms with Crippen LogP contribution in [-0.4, -0.2) is 46.5 Å². The Hall–Kier alpha value is -3.93. The van der Waals surface area contributed by atoms with Gasteiger partial charge < -0.3 is 15.8 Å².